The summed E-state index contributed by atoms with van der Waals surface area (Å²) in [6.07, 6.45) is 2.05. The normalized spacial score (nSPS) is 11.1. The smallest absolute Gasteiger partial charge is 0.193 e. The lowest BCUT2D eigenvalue weighted by Gasteiger charge is -2.12. The molecule has 0 N–H and O–H groups in total. The standard InChI is InChI=1S/C47H37NO5S/c1-32-8-18-38(19-9-32)51-40-24-14-35(15-25-40)47(49)36-16-26-41(27-17-36)53-43-30-28-42(29-31-43)52-39-22-12-34(13-23-39)46(33-10-20-37(50-2)21-11-33)48-44-6-4-5-7-45(44)54-3/h4-31H,1-3H3. The molecule has 54 heavy (non-hydrogen) atoms. The summed E-state index contributed by atoms with van der Waals surface area (Å²) in [5.41, 5.74) is 6.01. The fourth-order valence-corrected chi connectivity index (χ4v) is 6.21. The Morgan fingerprint density at radius 2 is 0.815 bits per heavy atom. The van der Waals surface area contributed by atoms with Crippen molar-refractivity contribution < 1.29 is 23.7 Å². The molecule has 0 spiro atoms. The molecule has 7 rings (SSSR count). The Morgan fingerprint density at radius 3 is 1.22 bits per heavy atom. The maximum absolute atomic E-state index is 13.1. The third kappa shape index (κ3) is 8.89. The van der Waals surface area contributed by atoms with Gasteiger partial charge in [0.2, 0.25) is 0 Å². The average Bonchev–Trinajstić information content (AvgIpc) is 3.22. The largest absolute Gasteiger partial charge is 0.497 e. The van der Waals surface area contributed by atoms with Crippen LogP contribution in [0.4, 0.5) is 5.69 Å². The molecular formula is C47H37NO5S. The van der Waals surface area contributed by atoms with E-state index < -0.39 is 0 Å². The molecule has 0 bridgehead atoms. The fourth-order valence-electron chi connectivity index (χ4n) is 5.67. The van der Waals surface area contributed by atoms with Crippen LogP contribution < -0.4 is 18.9 Å². The first-order valence-corrected chi connectivity index (χ1v) is 18.6. The van der Waals surface area contributed by atoms with Gasteiger partial charge in [-0.3, -0.25) is 4.79 Å². The average molecular weight is 728 g/mol. The van der Waals surface area contributed by atoms with E-state index in [1.807, 2.05) is 122 Å². The molecule has 0 saturated heterocycles. The van der Waals surface area contributed by atoms with E-state index in [4.69, 9.17) is 23.9 Å². The van der Waals surface area contributed by atoms with E-state index >= 15 is 0 Å². The van der Waals surface area contributed by atoms with Crippen LogP contribution in [0, 0.1) is 6.92 Å². The van der Waals surface area contributed by atoms with Gasteiger partial charge in [-0.05, 0) is 159 Å². The second kappa shape index (κ2) is 16.8. The molecular weight excluding hydrogens is 691 g/mol. The predicted octanol–water partition coefficient (Wildman–Crippen LogP) is 12.5. The van der Waals surface area contributed by atoms with Crippen molar-refractivity contribution in [3.05, 3.63) is 198 Å². The molecule has 0 aliphatic carbocycles. The SMILES string of the molecule is COc1ccc(C(=Nc2ccccc2SC)c2ccc(Oc3ccc(Oc4ccc(C(=O)c5ccc(Oc6ccc(C)cc6)cc5)cc4)cc3)cc2)cc1. The molecule has 7 aromatic carbocycles. The van der Waals surface area contributed by atoms with E-state index in [1.54, 1.807) is 67.4 Å². The summed E-state index contributed by atoms with van der Waals surface area (Å²) in [4.78, 5) is 19.3. The first-order chi connectivity index (χ1) is 26.4. The zero-order valence-corrected chi connectivity index (χ0v) is 30.9. The van der Waals surface area contributed by atoms with Gasteiger partial charge in [0.25, 0.3) is 0 Å². The molecule has 0 heterocycles. The van der Waals surface area contributed by atoms with E-state index in [1.165, 1.54) is 0 Å². The minimum atomic E-state index is -0.0804. The Kier molecular flexibility index (Phi) is 11.2. The van der Waals surface area contributed by atoms with Crippen molar-refractivity contribution in [1.82, 2.24) is 0 Å². The fraction of sp³-hybridized carbons (Fsp3) is 0.0638. The zero-order valence-electron chi connectivity index (χ0n) is 30.1. The van der Waals surface area contributed by atoms with Gasteiger partial charge >= 0.3 is 0 Å². The maximum Gasteiger partial charge on any atom is 0.193 e. The summed E-state index contributed by atoms with van der Waals surface area (Å²) in [6.45, 7) is 2.03. The van der Waals surface area contributed by atoms with Crippen LogP contribution in [0.3, 0.4) is 0 Å². The minimum absolute atomic E-state index is 0.0804. The maximum atomic E-state index is 13.1. The lowest BCUT2D eigenvalue weighted by Crippen LogP contribution is -2.03. The Bertz CT molecular complexity index is 2350. The number of carbonyl (C=O) groups excluding carboxylic acids is 1. The van der Waals surface area contributed by atoms with Crippen LogP contribution in [-0.2, 0) is 0 Å². The molecule has 0 amide bonds. The molecule has 6 nitrogen and oxygen atoms in total. The van der Waals surface area contributed by atoms with Crippen LogP contribution in [0.1, 0.15) is 32.6 Å². The number of aryl methyl sites for hydroxylation is 1. The van der Waals surface area contributed by atoms with Crippen molar-refractivity contribution in [3.8, 4) is 40.2 Å². The van der Waals surface area contributed by atoms with E-state index in [-0.39, 0.29) is 5.78 Å². The Labute approximate surface area is 319 Å². The second-order valence-corrected chi connectivity index (χ2v) is 13.2. The Hall–Kier alpha value is -6.57. The van der Waals surface area contributed by atoms with Gasteiger partial charge in [0.15, 0.2) is 5.78 Å². The molecule has 0 atom stereocenters. The summed E-state index contributed by atoms with van der Waals surface area (Å²) in [7, 11) is 1.66. The number of methoxy groups -OCH3 is 1. The molecule has 7 aromatic rings. The van der Waals surface area contributed by atoms with Gasteiger partial charge in [-0.1, -0.05) is 29.8 Å². The van der Waals surface area contributed by atoms with Crippen molar-refractivity contribution >= 4 is 28.9 Å². The number of hydrogen-bond donors (Lipinski definition) is 0. The Balaban J connectivity index is 0.978. The molecule has 0 aromatic heterocycles. The van der Waals surface area contributed by atoms with Crippen LogP contribution in [-0.4, -0.2) is 24.9 Å². The number of rotatable bonds is 13. The first-order valence-electron chi connectivity index (χ1n) is 17.4. The van der Waals surface area contributed by atoms with Gasteiger partial charge in [-0.15, -0.1) is 11.8 Å². The summed E-state index contributed by atoms with van der Waals surface area (Å²) >= 11 is 1.67. The number of para-hydroxylation sites is 1. The van der Waals surface area contributed by atoms with Gasteiger partial charge in [-0.25, -0.2) is 4.99 Å². The number of hydrogen-bond acceptors (Lipinski definition) is 7. The third-order valence-electron chi connectivity index (χ3n) is 8.59. The lowest BCUT2D eigenvalue weighted by molar-refractivity contribution is 0.103. The van der Waals surface area contributed by atoms with Crippen LogP contribution in [0.5, 0.6) is 40.2 Å². The van der Waals surface area contributed by atoms with Gasteiger partial charge in [-0.2, -0.15) is 0 Å². The van der Waals surface area contributed by atoms with Gasteiger partial charge in [0.1, 0.15) is 40.2 Å². The van der Waals surface area contributed by atoms with Crippen molar-refractivity contribution in [3.63, 3.8) is 0 Å². The van der Waals surface area contributed by atoms with Crippen LogP contribution in [0.25, 0.3) is 0 Å². The van der Waals surface area contributed by atoms with Crippen LogP contribution in [0.15, 0.2) is 180 Å². The van der Waals surface area contributed by atoms with E-state index in [9.17, 15) is 4.79 Å². The highest BCUT2D eigenvalue weighted by Gasteiger charge is 2.12. The number of carbonyl (C=O) groups is 1. The third-order valence-corrected chi connectivity index (χ3v) is 9.38. The molecule has 0 aliphatic rings. The summed E-state index contributed by atoms with van der Waals surface area (Å²) in [6, 6.07) is 53.5. The summed E-state index contributed by atoms with van der Waals surface area (Å²) in [5.74, 6) is 4.75. The van der Waals surface area contributed by atoms with Crippen molar-refractivity contribution in [2.75, 3.05) is 13.4 Å². The highest BCUT2D eigenvalue weighted by molar-refractivity contribution is 7.98. The number of aliphatic imine (C=N–C) groups is 1. The molecule has 0 unspecified atom stereocenters. The molecule has 0 saturated carbocycles. The van der Waals surface area contributed by atoms with Crippen LogP contribution in [0.2, 0.25) is 0 Å². The lowest BCUT2D eigenvalue weighted by atomic mass is 10.0. The summed E-state index contributed by atoms with van der Waals surface area (Å²) < 4.78 is 23.5. The summed E-state index contributed by atoms with van der Waals surface area (Å²) in [5, 5.41) is 0. The highest BCUT2D eigenvalue weighted by atomic mass is 32.2. The first kappa shape index (κ1) is 35.8. The molecule has 266 valence electrons. The van der Waals surface area contributed by atoms with E-state index in [0.717, 1.165) is 44.5 Å². The zero-order chi connectivity index (χ0) is 37.3. The second-order valence-electron chi connectivity index (χ2n) is 12.4. The quantitative estimate of drug-likeness (QED) is 0.0669. The van der Waals surface area contributed by atoms with E-state index in [0.29, 0.717) is 39.9 Å². The molecule has 0 radical (unpaired) electrons. The molecule has 0 aliphatic heterocycles. The number of nitrogens with zero attached hydrogens (tertiary/aromatic N) is 1. The predicted molar refractivity (Wildman–Crippen MR) is 217 cm³/mol. The van der Waals surface area contributed by atoms with Gasteiger partial charge in [0, 0.05) is 27.1 Å². The van der Waals surface area contributed by atoms with Crippen molar-refractivity contribution in [2.24, 2.45) is 4.99 Å². The van der Waals surface area contributed by atoms with Crippen molar-refractivity contribution in [1.29, 1.82) is 0 Å². The molecule has 0 fully saturated rings. The number of benzene rings is 7. The van der Waals surface area contributed by atoms with Crippen LogP contribution >= 0.6 is 11.8 Å². The van der Waals surface area contributed by atoms with Gasteiger partial charge < -0.3 is 18.9 Å². The van der Waals surface area contributed by atoms with Crippen molar-refractivity contribution in [2.45, 2.75) is 11.8 Å². The van der Waals surface area contributed by atoms with E-state index in [2.05, 4.69) is 12.3 Å². The number of thioether (sulfide) groups is 1. The Morgan fingerprint density at radius 1 is 0.463 bits per heavy atom. The minimum Gasteiger partial charge on any atom is -0.497 e. The topological polar surface area (TPSA) is 66.3 Å². The number of ketones is 1. The monoisotopic (exact) mass is 727 g/mol. The molecule has 7 heteroatoms. The highest BCUT2D eigenvalue weighted by Crippen LogP contribution is 2.31. The number of ether oxygens (including phenoxy) is 4. The van der Waals surface area contributed by atoms with Gasteiger partial charge in [0.05, 0.1) is 18.5 Å².